The molecular formula is C20H30N2O4. The molecule has 0 aliphatic carbocycles. The lowest BCUT2D eigenvalue weighted by atomic mass is 10.1. The van der Waals surface area contributed by atoms with E-state index in [4.69, 9.17) is 4.74 Å². The van der Waals surface area contributed by atoms with Crippen molar-refractivity contribution in [3.05, 3.63) is 35.9 Å². The van der Waals surface area contributed by atoms with E-state index in [9.17, 15) is 14.4 Å². The molecule has 0 spiro atoms. The van der Waals surface area contributed by atoms with Crippen LogP contribution in [0.5, 0.6) is 0 Å². The number of amides is 2. The fourth-order valence-electron chi connectivity index (χ4n) is 2.43. The summed E-state index contributed by atoms with van der Waals surface area (Å²) in [4.78, 5) is 37.5. The van der Waals surface area contributed by atoms with Gasteiger partial charge in [0.1, 0.15) is 5.60 Å². The van der Waals surface area contributed by atoms with E-state index in [1.807, 2.05) is 25.1 Å². The van der Waals surface area contributed by atoms with Gasteiger partial charge in [0, 0.05) is 38.0 Å². The second-order valence-corrected chi connectivity index (χ2v) is 7.46. The number of nitrogens with one attached hydrogen (secondary N) is 1. The first-order chi connectivity index (χ1) is 12.1. The van der Waals surface area contributed by atoms with E-state index in [0.717, 1.165) is 0 Å². The molecule has 0 saturated heterocycles. The minimum absolute atomic E-state index is 0.0426. The fraction of sp³-hybridized carbons (Fsp3) is 0.550. The summed E-state index contributed by atoms with van der Waals surface area (Å²) in [5.41, 5.74) is 0.111. The number of hydrogen-bond donors (Lipinski definition) is 1. The lowest BCUT2D eigenvalue weighted by Gasteiger charge is -2.25. The molecule has 1 aromatic rings. The Hall–Kier alpha value is -2.37. The second kappa shape index (κ2) is 9.94. The van der Waals surface area contributed by atoms with Gasteiger partial charge < -0.3 is 15.0 Å². The van der Waals surface area contributed by atoms with Crippen LogP contribution in [0, 0.1) is 0 Å². The molecule has 0 heterocycles. The third kappa shape index (κ3) is 8.65. The summed E-state index contributed by atoms with van der Waals surface area (Å²) in [6, 6.07) is 8.84. The van der Waals surface area contributed by atoms with Gasteiger partial charge in [0.25, 0.3) is 0 Å². The van der Waals surface area contributed by atoms with Gasteiger partial charge in [-0.1, -0.05) is 30.3 Å². The van der Waals surface area contributed by atoms with Gasteiger partial charge in [0.2, 0.25) is 5.91 Å². The molecule has 26 heavy (non-hydrogen) atoms. The van der Waals surface area contributed by atoms with Crippen molar-refractivity contribution in [1.29, 1.82) is 0 Å². The topological polar surface area (TPSA) is 75.7 Å². The van der Waals surface area contributed by atoms with Crippen molar-refractivity contribution in [2.24, 2.45) is 0 Å². The maximum atomic E-state index is 12.2. The predicted octanol–water partition coefficient (Wildman–Crippen LogP) is 3.41. The van der Waals surface area contributed by atoms with Crippen LogP contribution in [0.15, 0.2) is 30.3 Å². The number of ether oxygens (including phenoxy) is 1. The molecule has 1 unspecified atom stereocenters. The van der Waals surface area contributed by atoms with Crippen LogP contribution < -0.4 is 5.32 Å². The number of carbonyl (C=O) groups is 3. The molecule has 1 aromatic carbocycles. The zero-order valence-corrected chi connectivity index (χ0v) is 16.4. The first-order valence-corrected chi connectivity index (χ1v) is 8.90. The van der Waals surface area contributed by atoms with Crippen LogP contribution in [0.3, 0.4) is 0 Å². The van der Waals surface area contributed by atoms with Gasteiger partial charge in [-0.2, -0.15) is 0 Å². The van der Waals surface area contributed by atoms with Crippen molar-refractivity contribution >= 4 is 17.8 Å². The van der Waals surface area contributed by atoms with E-state index in [1.165, 1.54) is 0 Å². The Morgan fingerprint density at radius 3 is 2.31 bits per heavy atom. The summed E-state index contributed by atoms with van der Waals surface area (Å²) in [6.07, 6.45) is 0.646. The maximum Gasteiger partial charge on any atom is 0.407 e. The molecule has 2 amide bonds. The number of likely N-dealkylation sites (N-methyl/N-ethyl adjacent to an activating group) is 1. The number of nitrogens with zero attached hydrogens (tertiary/aromatic N) is 1. The molecule has 144 valence electrons. The van der Waals surface area contributed by atoms with Crippen molar-refractivity contribution in [1.82, 2.24) is 10.2 Å². The van der Waals surface area contributed by atoms with E-state index in [-0.39, 0.29) is 17.7 Å². The first kappa shape index (κ1) is 21.7. The van der Waals surface area contributed by atoms with Gasteiger partial charge in [-0.3, -0.25) is 9.59 Å². The summed E-state index contributed by atoms with van der Waals surface area (Å²) < 4.78 is 5.19. The quantitative estimate of drug-likeness (QED) is 0.719. The minimum atomic E-state index is -0.559. The van der Waals surface area contributed by atoms with Gasteiger partial charge in [0.15, 0.2) is 5.78 Å². The highest BCUT2D eigenvalue weighted by Crippen LogP contribution is 2.09. The molecule has 0 aliphatic heterocycles. The summed E-state index contributed by atoms with van der Waals surface area (Å²) in [5.74, 6) is -0.00952. The van der Waals surface area contributed by atoms with Crippen LogP contribution in [0.4, 0.5) is 4.79 Å². The van der Waals surface area contributed by atoms with Crippen LogP contribution in [-0.4, -0.2) is 47.9 Å². The monoisotopic (exact) mass is 362 g/mol. The first-order valence-electron chi connectivity index (χ1n) is 8.90. The summed E-state index contributed by atoms with van der Waals surface area (Å²) in [6.45, 7) is 7.58. The van der Waals surface area contributed by atoms with E-state index < -0.39 is 11.7 Å². The van der Waals surface area contributed by atoms with E-state index in [1.54, 1.807) is 44.9 Å². The normalized spacial score (nSPS) is 12.2. The molecule has 0 bridgehead atoms. The smallest absolute Gasteiger partial charge is 0.407 e. The zero-order valence-electron chi connectivity index (χ0n) is 16.4. The molecule has 0 aromatic heterocycles. The van der Waals surface area contributed by atoms with Crippen molar-refractivity contribution in [3.63, 3.8) is 0 Å². The summed E-state index contributed by atoms with van der Waals surface area (Å²) in [5, 5.41) is 2.71. The third-order valence-corrected chi connectivity index (χ3v) is 3.63. The van der Waals surface area contributed by atoms with Crippen molar-refractivity contribution in [3.8, 4) is 0 Å². The molecule has 1 N–H and O–H groups in total. The molecule has 1 atom stereocenters. The zero-order chi connectivity index (χ0) is 19.7. The third-order valence-electron chi connectivity index (χ3n) is 3.63. The SMILES string of the molecule is CC(CN(C)C(=O)CCCC(=O)c1ccccc1)NC(=O)OC(C)(C)C. The largest absolute Gasteiger partial charge is 0.444 e. The Kier molecular flexibility index (Phi) is 8.29. The Labute approximate surface area is 155 Å². The lowest BCUT2D eigenvalue weighted by Crippen LogP contribution is -2.44. The Morgan fingerprint density at radius 2 is 1.73 bits per heavy atom. The summed E-state index contributed by atoms with van der Waals surface area (Å²) in [7, 11) is 1.69. The van der Waals surface area contributed by atoms with Crippen LogP contribution in [0.2, 0.25) is 0 Å². The molecule has 6 heteroatoms. The standard InChI is InChI=1S/C20H30N2O4/c1-15(21-19(25)26-20(2,3)4)14-22(5)18(24)13-9-12-17(23)16-10-7-6-8-11-16/h6-8,10-11,15H,9,12-14H2,1-5H3,(H,21,25). The average Bonchev–Trinajstić information content (AvgIpc) is 2.53. The minimum Gasteiger partial charge on any atom is -0.444 e. The Balaban J connectivity index is 2.31. The highest BCUT2D eigenvalue weighted by atomic mass is 16.6. The van der Waals surface area contributed by atoms with Gasteiger partial charge in [0.05, 0.1) is 0 Å². The van der Waals surface area contributed by atoms with Crippen LogP contribution in [0.25, 0.3) is 0 Å². The maximum absolute atomic E-state index is 12.2. The molecule has 1 rings (SSSR count). The molecule has 0 fully saturated rings. The molecule has 6 nitrogen and oxygen atoms in total. The Bertz CT molecular complexity index is 608. The highest BCUT2D eigenvalue weighted by Gasteiger charge is 2.19. The lowest BCUT2D eigenvalue weighted by molar-refractivity contribution is -0.130. The average molecular weight is 362 g/mol. The van der Waals surface area contributed by atoms with Crippen molar-refractivity contribution in [2.45, 2.75) is 58.6 Å². The van der Waals surface area contributed by atoms with Gasteiger partial charge >= 0.3 is 6.09 Å². The second-order valence-electron chi connectivity index (χ2n) is 7.46. The fourth-order valence-corrected chi connectivity index (χ4v) is 2.43. The number of rotatable bonds is 8. The van der Waals surface area contributed by atoms with E-state index in [0.29, 0.717) is 31.4 Å². The number of ketones is 1. The van der Waals surface area contributed by atoms with Crippen molar-refractivity contribution < 1.29 is 19.1 Å². The van der Waals surface area contributed by atoms with Gasteiger partial charge in [-0.15, -0.1) is 0 Å². The number of benzene rings is 1. The van der Waals surface area contributed by atoms with Crippen LogP contribution in [-0.2, 0) is 9.53 Å². The van der Waals surface area contributed by atoms with E-state index in [2.05, 4.69) is 5.32 Å². The predicted molar refractivity (Wildman–Crippen MR) is 101 cm³/mol. The Morgan fingerprint density at radius 1 is 1.12 bits per heavy atom. The number of hydrogen-bond acceptors (Lipinski definition) is 4. The highest BCUT2D eigenvalue weighted by molar-refractivity contribution is 5.96. The molecular weight excluding hydrogens is 332 g/mol. The van der Waals surface area contributed by atoms with Crippen LogP contribution in [0.1, 0.15) is 57.3 Å². The summed E-state index contributed by atoms with van der Waals surface area (Å²) >= 11 is 0. The molecule has 0 saturated carbocycles. The van der Waals surface area contributed by atoms with Gasteiger partial charge in [-0.25, -0.2) is 4.79 Å². The van der Waals surface area contributed by atoms with Gasteiger partial charge in [-0.05, 0) is 34.1 Å². The molecule has 0 aliphatic rings. The number of carbonyl (C=O) groups excluding carboxylic acids is 3. The number of alkyl carbamates (subject to hydrolysis) is 1. The van der Waals surface area contributed by atoms with E-state index >= 15 is 0 Å². The molecule has 0 radical (unpaired) electrons. The van der Waals surface area contributed by atoms with Crippen LogP contribution >= 0.6 is 0 Å². The number of Topliss-reactive ketones (excluding diaryl/α,β-unsaturated/α-hetero) is 1. The van der Waals surface area contributed by atoms with Crippen molar-refractivity contribution in [2.75, 3.05) is 13.6 Å².